The molecule has 6 rings (SSSR count). The lowest BCUT2D eigenvalue weighted by Gasteiger charge is -2.30. The van der Waals surface area contributed by atoms with Gasteiger partial charge in [0.05, 0.1) is 16.3 Å². The first-order chi connectivity index (χ1) is 18.1. The number of hydrogen-bond acceptors (Lipinski definition) is 5. The summed E-state index contributed by atoms with van der Waals surface area (Å²) in [6, 6.07) is 24.2. The van der Waals surface area contributed by atoms with Gasteiger partial charge in [-0.25, -0.2) is 4.99 Å². The minimum atomic E-state index is -0.193. The third-order valence-corrected chi connectivity index (χ3v) is 8.40. The fraction of sp³-hybridized carbons (Fsp3) is 0.226. The summed E-state index contributed by atoms with van der Waals surface area (Å²) in [6.45, 7) is 5.91. The van der Waals surface area contributed by atoms with E-state index in [0.717, 1.165) is 48.4 Å². The second kappa shape index (κ2) is 9.52. The minimum absolute atomic E-state index is 0.0739. The Morgan fingerprint density at radius 1 is 1.03 bits per heavy atom. The van der Waals surface area contributed by atoms with Crippen molar-refractivity contribution in [2.75, 3.05) is 18.0 Å². The van der Waals surface area contributed by atoms with Crippen LogP contribution in [0.25, 0.3) is 11.8 Å². The zero-order valence-electron chi connectivity index (χ0n) is 21.0. The van der Waals surface area contributed by atoms with Crippen LogP contribution in [0.15, 0.2) is 88.2 Å². The van der Waals surface area contributed by atoms with E-state index < -0.39 is 0 Å². The first-order valence-electron chi connectivity index (χ1n) is 12.8. The van der Waals surface area contributed by atoms with E-state index in [2.05, 4.69) is 55.1 Å². The quantitative estimate of drug-likeness (QED) is 0.419. The number of rotatable bonds is 5. The summed E-state index contributed by atoms with van der Waals surface area (Å²) in [5.41, 5.74) is 7.26. The van der Waals surface area contributed by atoms with Gasteiger partial charge in [0.1, 0.15) is 5.75 Å². The number of fused-ring (bicyclic) bond motifs is 3. The average Bonchev–Trinajstić information content (AvgIpc) is 3.24. The molecule has 1 N–H and O–H groups in total. The summed E-state index contributed by atoms with van der Waals surface area (Å²) in [5, 5.41) is 10.8. The van der Waals surface area contributed by atoms with Crippen LogP contribution in [0.1, 0.15) is 48.6 Å². The van der Waals surface area contributed by atoms with Crippen molar-refractivity contribution in [3.63, 3.8) is 0 Å². The molecule has 0 amide bonds. The molecule has 37 heavy (non-hydrogen) atoms. The molecule has 6 heteroatoms. The molecule has 2 heterocycles. The number of thiazole rings is 1. The predicted octanol–water partition coefficient (Wildman–Crippen LogP) is 4.87. The Hall–Kier alpha value is -3.90. The van der Waals surface area contributed by atoms with Gasteiger partial charge in [-0.3, -0.25) is 9.36 Å². The highest BCUT2D eigenvalue weighted by molar-refractivity contribution is 7.07. The topological polar surface area (TPSA) is 57.8 Å². The van der Waals surface area contributed by atoms with E-state index in [1.807, 2.05) is 34.9 Å². The van der Waals surface area contributed by atoms with Crippen molar-refractivity contribution in [1.82, 2.24) is 4.57 Å². The fourth-order valence-corrected chi connectivity index (χ4v) is 6.53. The van der Waals surface area contributed by atoms with Crippen molar-refractivity contribution in [3.05, 3.63) is 120 Å². The first kappa shape index (κ1) is 23.5. The van der Waals surface area contributed by atoms with E-state index >= 15 is 0 Å². The largest absolute Gasteiger partial charge is 0.507 e. The monoisotopic (exact) mass is 507 g/mol. The highest BCUT2D eigenvalue weighted by Crippen LogP contribution is 2.41. The van der Waals surface area contributed by atoms with Crippen LogP contribution in [0, 0.1) is 0 Å². The van der Waals surface area contributed by atoms with Crippen LogP contribution in [0.5, 0.6) is 5.75 Å². The third kappa shape index (κ3) is 4.02. The Morgan fingerprint density at radius 3 is 2.54 bits per heavy atom. The predicted molar refractivity (Wildman–Crippen MR) is 151 cm³/mol. The number of aromatic nitrogens is 1. The number of phenolic OH excluding ortho intramolecular Hbond substituents is 1. The number of benzene rings is 3. The second-order valence-electron chi connectivity index (χ2n) is 9.44. The van der Waals surface area contributed by atoms with Crippen LogP contribution in [0.4, 0.5) is 5.69 Å². The van der Waals surface area contributed by atoms with Gasteiger partial charge < -0.3 is 10.0 Å². The van der Waals surface area contributed by atoms with Crippen LogP contribution in [-0.4, -0.2) is 22.8 Å². The first-order valence-corrected chi connectivity index (χ1v) is 13.7. The Labute approximate surface area is 220 Å². The maximum atomic E-state index is 13.9. The highest BCUT2D eigenvalue weighted by Gasteiger charge is 2.32. The minimum Gasteiger partial charge on any atom is -0.507 e. The summed E-state index contributed by atoms with van der Waals surface area (Å²) >= 11 is 1.39. The molecule has 5 nitrogen and oxygen atoms in total. The van der Waals surface area contributed by atoms with E-state index in [-0.39, 0.29) is 17.4 Å². The van der Waals surface area contributed by atoms with Gasteiger partial charge in [0, 0.05) is 36.0 Å². The molecule has 1 aliphatic carbocycles. The van der Waals surface area contributed by atoms with Gasteiger partial charge in [0.15, 0.2) is 4.80 Å². The van der Waals surface area contributed by atoms with Crippen LogP contribution < -0.4 is 19.8 Å². The summed E-state index contributed by atoms with van der Waals surface area (Å²) in [4.78, 5) is 21.8. The molecule has 0 saturated heterocycles. The van der Waals surface area contributed by atoms with Gasteiger partial charge in [0.25, 0.3) is 5.56 Å². The molecule has 186 valence electrons. The van der Waals surface area contributed by atoms with E-state index in [4.69, 9.17) is 4.99 Å². The molecule has 0 bridgehead atoms. The Bertz CT molecular complexity index is 1690. The molecule has 0 unspecified atom stereocenters. The molecule has 2 aliphatic rings. The molecule has 0 radical (unpaired) electrons. The van der Waals surface area contributed by atoms with Crippen LogP contribution in [0.3, 0.4) is 0 Å². The van der Waals surface area contributed by atoms with E-state index in [1.54, 1.807) is 12.1 Å². The van der Waals surface area contributed by atoms with Crippen molar-refractivity contribution in [1.29, 1.82) is 0 Å². The maximum Gasteiger partial charge on any atom is 0.271 e. The summed E-state index contributed by atoms with van der Waals surface area (Å²) in [5.74, 6) is 0.170. The molecule has 0 fully saturated rings. The van der Waals surface area contributed by atoms with Gasteiger partial charge in [-0.15, -0.1) is 0 Å². The number of aryl methyl sites for hydroxylation is 1. The zero-order valence-corrected chi connectivity index (χ0v) is 21.8. The van der Waals surface area contributed by atoms with E-state index in [0.29, 0.717) is 14.9 Å². The lowest BCUT2D eigenvalue weighted by atomic mass is 9.83. The molecular weight excluding hydrogens is 478 g/mol. The summed E-state index contributed by atoms with van der Waals surface area (Å²) in [6.07, 6.45) is 3.60. The number of allylic oxidation sites excluding steroid dienone is 1. The molecule has 1 atom stereocenters. The van der Waals surface area contributed by atoms with E-state index in [1.165, 1.54) is 22.5 Å². The van der Waals surface area contributed by atoms with Crippen LogP contribution in [-0.2, 0) is 6.42 Å². The van der Waals surface area contributed by atoms with Gasteiger partial charge in [-0.2, -0.15) is 0 Å². The van der Waals surface area contributed by atoms with Crippen LogP contribution in [0.2, 0.25) is 0 Å². The molecule has 3 aromatic carbocycles. The highest BCUT2D eigenvalue weighted by atomic mass is 32.1. The lowest BCUT2D eigenvalue weighted by Crippen LogP contribution is -2.38. The van der Waals surface area contributed by atoms with Crippen molar-refractivity contribution in [2.45, 2.75) is 32.7 Å². The summed E-state index contributed by atoms with van der Waals surface area (Å²) in [7, 11) is 0. The Kier molecular flexibility index (Phi) is 6.05. The molecule has 1 aromatic heterocycles. The zero-order chi connectivity index (χ0) is 25.5. The Morgan fingerprint density at radius 2 is 1.78 bits per heavy atom. The molecule has 0 spiro atoms. The second-order valence-corrected chi connectivity index (χ2v) is 10.4. The van der Waals surface area contributed by atoms with Gasteiger partial charge in [-0.1, -0.05) is 65.9 Å². The van der Waals surface area contributed by atoms with Gasteiger partial charge in [-0.05, 0) is 61.6 Å². The number of nitrogens with zero attached hydrogens (tertiary/aromatic N) is 3. The molecule has 1 aliphatic heterocycles. The van der Waals surface area contributed by atoms with Crippen molar-refractivity contribution >= 4 is 28.8 Å². The maximum absolute atomic E-state index is 13.9. The van der Waals surface area contributed by atoms with Crippen molar-refractivity contribution < 1.29 is 5.11 Å². The van der Waals surface area contributed by atoms with Crippen LogP contribution >= 0.6 is 11.3 Å². The van der Waals surface area contributed by atoms with Crippen molar-refractivity contribution in [3.8, 4) is 5.75 Å². The SMILES string of the molecule is CCN(CC)c1ccc(/C=c2\sc3n(c2=O)[C@H](c2ccccc2)C2=C(N=3)c3ccccc3CC2)c(O)c1. The standard InChI is InChI=1S/C31H29N3O2S/c1-3-33(4-2)23-16-14-22(26(35)19-23)18-27-30(36)34-29(21-11-6-5-7-12-21)25-17-15-20-10-8-9-13-24(20)28(25)32-31(34)37-27/h5-14,16,18-19,29,35H,3-4,15,17H2,1-2H3/b27-18-/t29-/m1/s1. The lowest BCUT2D eigenvalue weighted by molar-refractivity contribution is 0.474. The molecule has 4 aromatic rings. The van der Waals surface area contributed by atoms with Gasteiger partial charge in [0.2, 0.25) is 0 Å². The smallest absolute Gasteiger partial charge is 0.271 e. The average molecular weight is 508 g/mol. The Balaban J connectivity index is 1.54. The summed E-state index contributed by atoms with van der Waals surface area (Å²) < 4.78 is 2.42. The van der Waals surface area contributed by atoms with Gasteiger partial charge >= 0.3 is 0 Å². The number of hydrogen-bond donors (Lipinski definition) is 1. The fourth-order valence-electron chi connectivity index (χ4n) is 5.54. The van der Waals surface area contributed by atoms with E-state index in [9.17, 15) is 9.90 Å². The number of phenols is 1. The third-order valence-electron chi connectivity index (χ3n) is 7.42. The normalized spacial score (nSPS) is 16.6. The number of aromatic hydroxyl groups is 1. The molecule has 0 saturated carbocycles. The number of anilines is 1. The molecular formula is C31H29N3O2S. The van der Waals surface area contributed by atoms with Crippen molar-refractivity contribution in [2.24, 2.45) is 4.99 Å².